The van der Waals surface area contributed by atoms with Crippen molar-refractivity contribution >= 4 is 11.8 Å². The number of nitrogens with one attached hydrogen (secondary N) is 1. The standard InChI is InChI=1S/C16H32N2S/c1-13-6-5-7-16(8-13,11-17-4)12-18-9-14(2)19-15(3)10-18/h13-15,17H,5-12H2,1-4H3. The molecule has 1 heterocycles. The molecule has 4 atom stereocenters. The molecule has 0 spiro atoms. The van der Waals surface area contributed by atoms with E-state index < -0.39 is 0 Å². The molecule has 2 rings (SSSR count). The van der Waals surface area contributed by atoms with Gasteiger partial charge in [-0.25, -0.2) is 0 Å². The van der Waals surface area contributed by atoms with Crippen LogP contribution in [-0.4, -0.2) is 48.6 Å². The number of hydrogen-bond acceptors (Lipinski definition) is 3. The summed E-state index contributed by atoms with van der Waals surface area (Å²) in [6, 6.07) is 0. The van der Waals surface area contributed by atoms with Crippen LogP contribution in [0.25, 0.3) is 0 Å². The van der Waals surface area contributed by atoms with E-state index in [1.165, 1.54) is 51.9 Å². The Balaban J connectivity index is 1.99. The van der Waals surface area contributed by atoms with Crippen LogP contribution >= 0.6 is 11.8 Å². The number of hydrogen-bond donors (Lipinski definition) is 1. The third-order valence-corrected chi connectivity index (χ3v) is 6.02. The fraction of sp³-hybridized carbons (Fsp3) is 1.00. The van der Waals surface area contributed by atoms with E-state index in [1.807, 2.05) is 0 Å². The number of rotatable bonds is 4. The van der Waals surface area contributed by atoms with Gasteiger partial charge >= 0.3 is 0 Å². The quantitative estimate of drug-likeness (QED) is 0.853. The van der Waals surface area contributed by atoms with Gasteiger partial charge in [0.2, 0.25) is 0 Å². The van der Waals surface area contributed by atoms with E-state index in [4.69, 9.17) is 0 Å². The van der Waals surface area contributed by atoms with Crippen molar-refractivity contribution < 1.29 is 0 Å². The van der Waals surface area contributed by atoms with E-state index >= 15 is 0 Å². The minimum atomic E-state index is 0.536. The molecule has 0 bridgehead atoms. The number of thioether (sulfide) groups is 1. The lowest BCUT2D eigenvalue weighted by Gasteiger charge is -2.46. The molecular formula is C16H32N2S. The molecule has 1 aliphatic carbocycles. The molecule has 4 unspecified atom stereocenters. The highest BCUT2D eigenvalue weighted by atomic mass is 32.2. The molecule has 0 aromatic carbocycles. The molecule has 112 valence electrons. The molecule has 0 amide bonds. The van der Waals surface area contributed by atoms with Crippen molar-refractivity contribution in [3.05, 3.63) is 0 Å². The molecule has 0 aromatic heterocycles. The molecule has 1 saturated carbocycles. The molecule has 0 radical (unpaired) electrons. The van der Waals surface area contributed by atoms with Crippen LogP contribution in [0.3, 0.4) is 0 Å². The fourth-order valence-electron chi connectivity index (χ4n) is 4.39. The van der Waals surface area contributed by atoms with Gasteiger partial charge < -0.3 is 10.2 Å². The first kappa shape index (κ1) is 15.7. The lowest BCUT2D eigenvalue weighted by atomic mass is 9.69. The lowest BCUT2D eigenvalue weighted by molar-refractivity contribution is 0.0809. The van der Waals surface area contributed by atoms with Crippen molar-refractivity contribution in [1.82, 2.24) is 10.2 Å². The summed E-state index contributed by atoms with van der Waals surface area (Å²) in [5, 5.41) is 5.08. The predicted molar refractivity (Wildman–Crippen MR) is 86.9 cm³/mol. The summed E-state index contributed by atoms with van der Waals surface area (Å²) in [4.78, 5) is 2.75. The minimum absolute atomic E-state index is 0.536. The van der Waals surface area contributed by atoms with E-state index in [0.717, 1.165) is 16.4 Å². The Bertz CT molecular complexity index is 270. The monoisotopic (exact) mass is 284 g/mol. The van der Waals surface area contributed by atoms with Gasteiger partial charge in [-0.2, -0.15) is 11.8 Å². The first-order valence-corrected chi connectivity index (χ1v) is 9.00. The van der Waals surface area contributed by atoms with Gasteiger partial charge in [-0.1, -0.05) is 33.6 Å². The average molecular weight is 285 g/mol. The largest absolute Gasteiger partial charge is 0.319 e. The van der Waals surface area contributed by atoms with Crippen molar-refractivity contribution in [2.75, 3.05) is 33.2 Å². The van der Waals surface area contributed by atoms with E-state index in [2.05, 4.69) is 49.8 Å². The molecule has 1 saturated heterocycles. The van der Waals surface area contributed by atoms with Crippen molar-refractivity contribution in [3.63, 3.8) is 0 Å². The SMILES string of the molecule is CNCC1(CN2CC(C)SC(C)C2)CCCC(C)C1. The van der Waals surface area contributed by atoms with E-state index in [-0.39, 0.29) is 0 Å². The smallest absolute Gasteiger partial charge is 0.0149 e. The summed E-state index contributed by atoms with van der Waals surface area (Å²) in [7, 11) is 2.12. The second kappa shape index (κ2) is 6.82. The maximum Gasteiger partial charge on any atom is 0.0149 e. The highest BCUT2D eigenvalue weighted by Crippen LogP contribution is 2.40. The normalized spacial score (nSPS) is 41.4. The van der Waals surface area contributed by atoms with Crippen LogP contribution in [0.1, 0.15) is 46.5 Å². The summed E-state index contributed by atoms with van der Waals surface area (Å²) in [5.74, 6) is 0.913. The summed E-state index contributed by atoms with van der Waals surface area (Å²) >= 11 is 2.16. The van der Waals surface area contributed by atoms with Crippen LogP contribution in [-0.2, 0) is 0 Å². The molecule has 1 aliphatic heterocycles. The topological polar surface area (TPSA) is 15.3 Å². The molecule has 2 aliphatic rings. The van der Waals surface area contributed by atoms with Crippen LogP contribution < -0.4 is 5.32 Å². The maximum absolute atomic E-state index is 3.48. The number of nitrogens with zero attached hydrogens (tertiary/aromatic N) is 1. The zero-order valence-corrected chi connectivity index (χ0v) is 14.1. The molecule has 2 nitrogen and oxygen atoms in total. The van der Waals surface area contributed by atoms with Gasteiger partial charge in [0, 0.05) is 36.7 Å². The van der Waals surface area contributed by atoms with Crippen LogP contribution in [0.4, 0.5) is 0 Å². The lowest BCUT2D eigenvalue weighted by Crippen LogP contribution is -2.50. The Kier molecular flexibility index (Phi) is 5.62. The minimum Gasteiger partial charge on any atom is -0.319 e. The zero-order valence-electron chi connectivity index (χ0n) is 13.2. The average Bonchev–Trinajstić information content (AvgIpc) is 2.27. The first-order valence-electron chi connectivity index (χ1n) is 8.05. The summed E-state index contributed by atoms with van der Waals surface area (Å²) in [6.07, 6.45) is 5.70. The van der Waals surface area contributed by atoms with Gasteiger partial charge in [0.15, 0.2) is 0 Å². The Morgan fingerprint density at radius 1 is 1.21 bits per heavy atom. The van der Waals surface area contributed by atoms with Crippen molar-refractivity contribution in [3.8, 4) is 0 Å². The highest BCUT2D eigenvalue weighted by Gasteiger charge is 2.37. The molecule has 3 heteroatoms. The van der Waals surface area contributed by atoms with Crippen molar-refractivity contribution in [2.24, 2.45) is 11.3 Å². The maximum atomic E-state index is 3.48. The van der Waals surface area contributed by atoms with Crippen molar-refractivity contribution in [1.29, 1.82) is 0 Å². The summed E-state index contributed by atoms with van der Waals surface area (Å²) in [5.41, 5.74) is 0.536. The molecular weight excluding hydrogens is 252 g/mol. The fourth-order valence-corrected chi connectivity index (χ4v) is 5.78. The highest BCUT2D eigenvalue weighted by molar-refractivity contribution is 8.00. The molecule has 19 heavy (non-hydrogen) atoms. The Labute approximate surface area is 124 Å². The molecule has 2 fully saturated rings. The van der Waals surface area contributed by atoms with E-state index in [1.54, 1.807) is 0 Å². The van der Waals surface area contributed by atoms with Gasteiger partial charge in [-0.3, -0.25) is 0 Å². The summed E-state index contributed by atoms with van der Waals surface area (Å²) < 4.78 is 0. The van der Waals surface area contributed by atoms with Crippen LogP contribution in [0.15, 0.2) is 0 Å². The zero-order chi connectivity index (χ0) is 13.9. The predicted octanol–water partition coefficient (Wildman–Crippen LogP) is 3.23. The van der Waals surface area contributed by atoms with Crippen molar-refractivity contribution in [2.45, 2.75) is 57.0 Å². The Hall–Kier alpha value is 0.270. The van der Waals surface area contributed by atoms with Crippen LogP contribution in [0.2, 0.25) is 0 Å². The Morgan fingerprint density at radius 2 is 1.89 bits per heavy atom. The van der Waals surface area contributed by atoms with Gasteiger partial charge in [0.25, 0.3) is 0 Å². The van der Waals surface area contributed by atoms with Crippen LogP contribution in [0, 0.1) is 11.3 Å². The van der Waals surface area contributed by atoms with Gasteiger partial charge in [-0.15, -0.1) is 0 Å². The Morgan fingerprint density at radius 3 is 2.47 bits per heavy atom. The van der Waals surface area contributed by atoms with Gasteiger partial charge in [0.1, 0.15) is 0 Å². The van der Waals surface area contributed by atoms with Crippen LogP contribution in [0.5, 0.6) is 0 Å². The third kappa shape index (κ3) is 4.37. The van der Waals surface area contributed by atoms with E-state index in [0.29, 0.717) is 5.41 Å². The summed E-state index contributed by atoms with van der Waals surface area (Å²) in [6.45, 7) is 12.3. The molecule has 1 N–H and O–H groups in total. The second-order valence-electron chi connectivity index (χ2n) is 7.18. The first-order chi connectivity index (χ1) is 9.03. The van der Waals surface area contributed by atoms with E-state index in [9.17, 15) is 0 Å². The molecule has 0 aromatic rings. The third-order valence-electron chi connectivity index (χ3n) is 4.79. The van der Waals surface area contributed by atoms with Gasteiger partial charge in [-0.05, 0) is 31.2 Å². The second-order valence-corrected chi connectivity index (χ2v) is 9.06. The van der Waals surface area contributed by atoms with Gasteiger partial charge in [0.05, 0.1) is 0 Å².